The monoisotopic (exact) mass is 557 g/mol. The van der Waals surface area contributed by atoms with Gasteiger partial charge in [0.1, 0.15) is 0 Å². The van der Waals surface area contributed by atoms with Crippen molar-refractivity contribution in [2.24, 2.45) is 50.7 Å². The molecule has 5 aliphatic rings. The predicted molar refractivity (Wildman–Crippen MR) is 168 cm³/mol. The summed E-state index contributed by atoms with van der Waals surface area (Å²) in [7, 11) is 0. The van der Waals surface area contributed by atoms with E-state index in [9.17, 15) is 9.59 Å². The van der Waals surface area contributed by atoms with E-state index in [4.69, 9.17) is 0 Å². The second kappa shape index (κ2) is 9.30. The van der Waals surface area contributed by atoms with Gasteiger partial charge < -0.3 is 5.32 Å². The van der Waals surface area contributed by atoms with Crippen LogP contribution in [0.3, 0.4) is 0 Å². The van der Waals surface area contributed by atoms with E-state index >= 15 is 0 Å². The summed E-state index contributed by atoms with van der Waals surface area (Å²) in [6.45, 7) is 21.8. The second-order valence-corrected chi connectivity index (χ2v) is 17.0. The molecule has 0 radical (unpaired) electrons. The average molecular weight is 558 g/mol. The van der Waals surface area contributed by atoms with Gasteiger partial charge in [0.15, 0.2) is 5.78 Å². The molecule has 41 heavy (non-hydrogen) atoms. The van der Waals surface area contributed by atoms with E-state index in [2.05, 4.69) is 60.7 Å². The van der Waals surface area contributed by atoms with Crippen molar-refractivity contribution in [3.8, 4) is 0 Å². The van der Waals surface area contributed by atoms with Crippen molar-refractivity contribution in [1.29, 1.82) is 0 Å². The number of aryl methyl sites for hydroxylation is 1. The summed E-state index contributed by atoms with van der Waals surface area (Å²) in [5.74, 6) is 2.49. The molecule has 1 aromatic rings. The first-order valence-electron chi connectivity index (χ1n) is 16.7. The van der Waals surface area contributed by atoms with Gasteiger partial charge in [-0.15, -0.1) is 0 Å². The van der Waals surface area contributed by atoms with E-state index < -0.39 is 0 Å². The molecule has 1 amide bonds. The number of nitrogens with one attached hydrogen (secondary N) is 1. The Morgan fingerprint density at radius 1 is 0.854 bits per heavy atom. The van der Waals surface area contributed by atoms with Crippen LogP contribution in [0.25, 0.3) is 0 Å². The topological polar surface area (TPSA) is 46.2 Å². The van der Waals surface area contributed by atoms with Gasteiger partial charge in [0.05, 0.1) is 0 Å². The van der Waals surface area contributed by atoms with Crippen LogP contribution in [-0.4, -0.2) is 17.7 Å². The molecule has 3 heteroatoms. The largest absolute Gasteiger partial charge is 0.349 e. The van der Waals surface area contributed by atoms with Crippen molar-refractivity contribution in [2.45, 2.75) is 126 Å². The van der Waals surface area contributed by atoms with Crippen molar-refractivity contribution in [3.05, 3.63) is 46.5 Å². The minimum atomic E-state index is 0.0442. The summed E-state index contributed by atoms with van der Waals surface area (Å²) in [5.41, 5.74) is 5.35. The normalized spacial score (nSPS) is 43.2. The summed E-state index contributed by atoms with van der Waals surface area (Å²) in [6.07, 6.45) is 10.2. The summed E-state index contributed by atoms with van der Waals surface area (Å²) < 4.78 is 0. The van der Waals surface area contributed by atoms with Gasteiger partial charge in [-0.1, -0.05) is 79.2 Å². The highest BCUT2D eigenvalue weighted by molar-refractivity contribution is 6.00. The third-order valence-corrected chi connectivity index (χ3v) is 14.4. The Balaban J connectivity index is 1.42. The maximum Gasteiger partial charge on any atom is 0.251 e. The van der Waals surface area contributed by atoms with Crippen LogP contribution in [0.15, 0.2) is 35.4 Å². The van der Waals surface area contributed by atoms with Crippen LogP contribution in [0.2, 0.25) is 0 Å². The first-order valence-corrected chi connectivity index (χ1v) is 16.7. The minimum Gasteiger partial charge on any atom is -0.349 e. The Kier molecular flexibility index (Phi) is 6.62. The maximum atomic E-state index is 13.8. The number of allylic oxidation sites excluding steroid dienone is 2. The Bertz CT molecular complexity index is 1300. The van der Waals surface area contributed by atoms with Crippen LogP contribution in [0.1, 0.15) is 129 Å². The van der Waals surface area contributed by atoms with Crippen molar-refractivity contribution < 1.29 is 9.59 Å². The first kappa shape index (κ1) is 29.2. The van der Waals surface area contributed by atoms with Crippen LogP contribution in [-0.2, 0) is 4.79 Å². The van der Waals surface area contributed by atoms with Gasteiger partial charge in [-0.25, -0.2) is 0 Å². The molecule has 0 bridgehead atoms. The molecular weight excluding hydrogens is 502 g/mol. The number of amides is 1. The van der Waals surface area contributed by atoms with Crippen molar-refractivity contribution in [1.82, 2.24) is 5.32 Å². The van der Waals surface area contributed by atoms with E-state index in [1.54, 1.807) is 5.57 Å². The van der Waals surface area contributed by atoms with Crippen molar-refractivity contribution >= 4 is 11.7 Å². The minimum absolute atomic E-state index is 0.0442. The zero-order valence-corrected chi connectivity index (χ0v) is 27.4. The number of hydrogen-bond acceptors (Lipinski definition) is 2. The molecule has 1 aromatic carbocycles. The molecule has 3 nitrogen and oxygen atoms in total. The second-order valence-electron chi connectivity index (χ2n) is 17.0. The summed E-state index contributed by atoms with van der Waals surface area (Å²) >= 11 is 0. The Morgan fingerprint density at radius 2 is 1.56 bits per heavy atom. The third kappa shape index (κ3) is 3.88. The van der Waals surface area contributed by atoms with E-state index in [1.165, 1.54) is 44.1 Å². The van der Waals surface area contributed by atoms with Crippen LogP contribution in [0.5, 0.6) is 0 Å². The van der Waals surface area contributed by atoms with Gasteiger partial charge >= 0.3 is 0 Å². The van der Waals surface area contributed by atoms with Gasteiger partial charge in [-0.05, 0) is 126 Å². The predicted octanol–water partition coefficient (Wildman–Crippen LogP) is 9.09. The van der Waals surface area contributed by atoms with Gasteiger partial charge in [0.2, 0.25) is 0 Å². The van der Waals surface area contributed by atoms with E-state index in [-0.39, 0.29) is 39.0 Å². The van der Waals surface area contributed by atoms with Gasteiger partial charge in [0, 0.05) is 18.0 Å². The number of fused-ring (bicyclic) bond motifs is 7. The average Bonchev–Trinajstić information content (AvgIpc) is 3.16. The third-order valence-electron chi connectivity index (χ3n) is 14.4. The quantitative estimate of drug-likeness (QED) is 0.403. The van der Waals surface area contributed by atoms with Gasteiger partial charge in [-0.2, -0.15) is 0 Å². The Labute approximate surface area is 249 Å². The van der Waals surface area contributed by atoms with Crippen LogP contribution < -0.4 is 5.32 Å². The molecule has 1 N–H and O–H groups in total. The molecular formula is C38H55NO2. The molecule has 0 aliphatic heterocycles. The number of rotatable bonds is 3. The highest BCUT2D eigenvalue weighted by Gasteiger charge is 2.70. The zero-order chi connectivity index (χ0) is 29.8. The zero-order valence-electron chi connectivity index (χ0n) is 27.4. The summed E-state index contributed by atoms with van der Waals surface area (Å²) in [6, 6.07) is 8.22. The lowest BCUT2D eigenvalue weighted by Crippen LogP contribution is -2.69. The van der Waals surface area contributed by atoms with Crippen molar-refractivity contribution in [2.75, 3.05) is 0 Å². The number of benzene rings is 1. The van der Waals surface area contributed by atoms with Crippen molar-refractivity contribution in [3.63, 3.8) is 0 Å². The van der Waals surface area contributed by atoms with E-state index in [1.807, 2.05) is 31.2 Å². The molecule has 0 aromatic heterocycles. The molecule has 5 aliphatic carbocycles. The number of ketones is 1. The number of hydrogen-bond donors (Lipinski definition) is 1. The van der Waals surface area contributed by atoms with Crippen LogP contribution >= 0.6 is 0 Å². The molecule has 4 saturated carbocycles. The molecule has 4 fully saturated rings. The molecule has 8 atom stereocenters. The molecule has 1 unspecified atom stereocenters. The smallest absolute Gasteiger partial charge is 0.251 e. The fourth-order valence-electron chi connectivity index (χ4n) is 12.2. The van der Waals surface area contributed by atoms with E-state index in [0.29, 0.717) is 29.5 Å². The lowest BCUT2D eigenvalue weighted by atomic mass is 9.32. The number of carbonyl (C=O) groups excluding carboxylic acids is 2. The lowest BCUT2D eigenvalue weighted by Gasteiger charge is -2.72. The lowest BCUT2D eigenvalue weighted by molar-refractivity contribution is -0.219. The summed E-state index contributed by atoms with van der Waals surface area (Å²) in [5, 5.41) is 3.67. The van der Waals surface area contributed by atoms with Crippen LogP contribution in [0.4, 0.5) is 0 Å². The fourth-order valence-corrected chi connectivity index (χ4v) is 12.2. The van der Waals surface area contributed by atoms with Gasteiger partial charge in [0.25, 0.3) is 5.91 Å². The summed E-state index contributed by atoms with van der Waals surface area (Å²) in [4.78, 5) is 27.2. The molecule has 0 heterocycles. The van der Waals surface area contributed by atoms with Gasteiger partial charge in [-0.3, -0.25) is 9.59 Å². The number of Topliss-reactive ketones (excluding diaryl/α,β-unsaturated/α-hetero) is 1. The Hall–Kier alpha value is -1.90. The molecule has 0 spiro atoms. The maximum absolute atomic E-state index is 13.8. The fraction of sp³-hybridized carbons (Fsp3) is 0.737. The highest BCUT2D eigenvalue weighted by Crippen LogP contribution is 2.76. The van der Waals surface area contributed by atoms with E-state index in [0.717, 1.165) is 30.4 Å². The molecule has 6 rings (SSSR count). The standard InChI is InChI=1S/C38H55NO2/c1-23(2)31-27(40)22-35(6)20-21-36(7)26(32(31)35)14-15-29-37(36,8)19-16-28-34(4,5)18-17-30(38(28,29)9)39-33(41)25-13-11-10-12-24(25)3/h10-13,23,26,28-30H,14-22H2,1-9H3,(H,39,41)/t26-,28+,29+,30?,35+,36-,37-,38+/m1/s1. The highest BCUT2D eigenvalue weighted by atomic mass is 16.1. The molecule has 0 saturated heterocycles. The van der Waals surface area contributed by atoms with Crippen LogP contribution in [0, 0.1) is 57.7 Å². The SMILES string of the molecule is Cc1ccccc1C(=O)NC1CCC(C)(C)[C@@H]2CC[C@]3(C)[C@H](CC[C@@H]4C5=C(C(C)C)C(=O)C[C@]5(C)CC[C@]43C)[C@@]12C. The Morgan fingerprint density at radius 3 is 2.24 bits per heavy atom. The number of carbonyl (C=O) groups is 2. The first-order chi connectivity index (χ1) is 19.1. The molecule has 224 valence electrons.